The van der Waals surface area contributed by atoms with Crippen molar-refractivity contribution in [1.82, 2.24) is 24.9 Å². The number of rotatable bonds is 3. The van der Waals surface area contributed by atoms with E-state index in [4.69, 9.17) is 4.52 Å². The lowest BCUT2D eigenvalue weighted by Gasteiger charge is -2.25. The van der Waals surface area contributed by atoms with E-state index in [-0.39, 0.29) is 11.0 Å². The first-order chi connectivity index (χ1) is 12.2. The summed E-state index contributed by atoms with van der Waals surface area (Å²) in [5.74, 6) is 0.822. The van der Waals surface area contributed by atoms with Gasteiger partial charge in [0.15, 0.2) is 5.76 Å². The maximum atomic E-state index is 5.55. The summed E-state index contributed by atoms with van der Waals surface area (Å²) in [4.78, 5) is 9.00. The first-order valence-electron chi connectivity index (χ1n) is 8.80. The zero-order valence-corrected chi connectivity index (χ0v) is 15.8. The molecule has 6 nitrogen and oxygen atoms in total. The standard InChI is InChI=1S/C20H23N5O/c1-19(2,3)18-17-15(24-26-18)9-13(11-22-17)10-20(4,5)25-12-16-14(23-25)7-6-8-21-16/h6-9,11-12H,10H2,1-5H3. The molecule has 0 radical (unpaired) electrons. The van der Waals surface area contributed by atoms with Crippen molar-refractivity contribution in [2.24, 2.45) is 0 Å². The van der Waals surface area contributed by atoms with Gasteiger partial charge in [-0.2, -0.15) is 5.10 Å². The summed E-state index contributed by atoms with van der Waals surface area (Å²) in [7, 11) is 0. The van der Waals surface area contributed by atoms with E-state index in [0.29, 0.717) is 0 Å². The van der Waals surface area contributed by atoms with Crippen LogP contribution in [0.2, 0.25) is 0 Å². The van der Waals surface area contributed by atoms with Crippen molar-refractivity contribution in [3.8, 4) is 0 Å². The van der Waals surface area contributed by atoms with Gasteiger partial charge in [0, 0.05) is 17.8 Å². The first-order valence-corrected chi connectivity index (χ1v) is 8.80. The zero-order valence-electron chi connectivity index (χ0n) is 15.8. The van der Waals surface area contributed by atoms with Crippen molar-refractivity contribution in [3.05, 3.63) is 48.1 Å². The van der Waals surface area contributed by atoms with Crippen LogP contribution >= 0.6 is 0 Å². The Morgan fingerprint density at radius 3 is 2.58 bits per heavy atom. The van der Waals surface area contributed by atoms with Gasteiger partial charge in [0.05, 0.1) is 11.7 Å². The van der Waals surface area contributed by atoms with Crippen molar-refractivity contribution in [2.75, 3.05) is 0 Å². The fourth-order valence-electron chi connectivity index (χ4n) is 3.21. The third-order valence-corrected chi connectivity index (χ3v) is 4.59. The molecule has 0 aromatic carbocycles. The highest BCUT2D eigenvalue weighted by molar-refractivity contribution is 5.77. The van der Waals surface area contributed by atoms with Gasteiger partial charge in [0.2, 0.25) is 0 Å². The molecule has 0 unspecified atom stereocenters. The molecule has 26 heavy (non-hydrogen) atoms. The molecule has 4 heterocycles. The molecule has 6 heteroatoms. The molecule has 0 fully saturated rings. The summed E-state index contributed by atoms with van der Waals surface area (Å²) >= 11 is 0. The summed E-state index contributed by atoms with van der Waals surface area (Å²) < 4.78 is 7.54. The molecule has 0 aliphatic rings. The van der Waals surface area contributed by atoms with E-state index in [2.05, 4.69) is 60.9 Å². The minimum atomic E-state index is -0.216. The van der Waals surface area contributed by atoms with Crippen LogP contribution in [-0.4, -0.2) is 24.9 Å². The van der Waals surface area contributed by atoms with Crippen molar-refractivity contribution < 1.29 is 4.52 Å². The maximum absolute atomic E-state index is 5.55. The van der Waals surface area contributed by atoms with Gasteiger partial charge in [-0.15, -0.1) is 0 Å². The molecule has 0 saturated heterocycles. The summed E-state index contributed by atoms with van der Waals surface area (Å²) in [6, 6.07) is 5.94. The van der Waals surface area contributed by atoms with Crippen LogP contribution < -0.4 is 0 Å². The summed E-state index contributed by atoms with van der Waals surface area (Å²) in [6.07, 6.45) is 6.48. The Bertz CT molecular complexity index is 1050. The number of fused-ring (bicyclic) bond motifs is 2. The molecule has 0 amide bonds. The van der Waals surface area contributed by atoms with Crippen LogP contribution in [0.1, 0.15) is 45.9 Å². The topological polar surface area (TPSA) is 69.6 Å². The Balaban J connectivity index is 1.67. The van der Waals surface area contributed by atoms with Crippen LogP contribution in [0, 0.1) is 0 Å². The second-order valence-corrected chi connectivity index (χ2v) is 8.44. The Labute approximate surface area is 152 Å². The fraction of sp³-hybridized carbons (Fsp3) is 0.400. The Kier molecular flexibility index (Phi) is 3.61. The van der Waals surface area contributed by atoms with E-state index in [1.54, 1.807) is 6.20 Å². The molecule has 134 valence electrons. The molecule has 4 rings (SSSR count). The van der Waals surface area contributed by atoms with Gasteiger partial charge < -0.3 is 4.52 Å². The number of hydrogen-bond donors (Lipinski definition) is 0. The normalized spacial score (nSPS) is 13.0. The molecule has 0 spiro atoms. The molecule has 0 bridgehead atoms. The number of nitrogens with zero attached hydrogens (tertiary/aromatic N) is 5. The third-order valence-electron chi connectivity index (χ3n) is 4.59. The predicted octanol–water partition coefficient (Wildman–Crippen LogP) is 4.24. The van der Waals surface area contributed by atoms with E-state index in [1.165, 1.54) is 0 Å². The van der Waals surface area contributed by atoms with Gasteiger partial charge in [0.1, 0.15) is 22.1 Å². The SMILES string of the molecule is CC(C)(C)c1onc2cc(CC(C)(C)n3cc4ncccc4n3)cnc12. The van der Waals surface area contributed by atoms with E-state index in [9.17, 15) is 0 Å². The lowest BCUT2D eigenvalue weighted by Crippen LogP contribution is -2.29. The maximum Gasteiger partial charge on any atom is 0.168 e. The lowest BCUT2D eigenvalue weighted by molar-refractivity contribution is 0.319. The molecule has 0 saturated carbocycles. The van der Waals surface area contributed by atoms with Crippen LogP contribution in [0.25, 0.3) is 22.1 Å². The third kappa shape index (κ3) is 2.85. The zero-order chi connectivity index (χ0) is 18.5. The van der Waals surface area contributed by atoms with E-state index < -0.39 is 0 Å². The minimum absolute atomic E-state index is 0.120. The quantitative estimate of drug-likeness (QED) is 0.553. The molecule has 0 aliphatic heterocycles. The van der Waals surface area contributed by atoms with Crippen LogP contribution in [0.5, 0.6) is 0 Å². The Morgan fingerprint density at radius 2 is 1.85 bits per heavy atom. The highest BCUT2D eigenvalue weighted by atomic mass is 16.5. The van der Waals surface area contributed by atoms with Crippen LogP contribution in [0.15, 0.2) is 41.3 Å². The fourth-order valence-corrected chi connectivity index (χ4v) is 3.21. The first kappa shape index (κ1) is 16.7. The number of aromatic nitrogens is 5. The largest absolute Gasteiger partial charge is 0.358 e. The van der Waals surface area contributed by atoms with Gasteiger partial charge in [-0.3, -0.25) is 14.6 Å². The molecular formula is C20H23N5O. The van der Waals surface area contributed by atoms with Crippen LogP contribution in [-0.2, 0) is 17.4 Å². The van der Waals surface area contributed by atoms with Gasteiger partial charge in [-0.25, -0.2) is 0 Å². The molecule has 4 aromatic rings. The highest BCUT2D eigenvalue weighted by Gasteiger charge is 2.26. The Morgan fingerprint density at radius 1 is 1.04 bits per heavy atom. The second kappa shape index (κ2) is 5.62. The summed E-state index contributed by atoms with van der Waals surface area (Å²) in [6.45, 7) is 10.6. The predicted molar refractivity (Wildman–Crippen MR) is 101 cm³/mol. The minimum Gasteiger partial charge on any atom is -0.358 e. The van der Waals surface area contributed by atoms with Gasteiger partial charge in [-0.1, -0.05) is 25.9 Å². The Hall–Kier alpha value is -2.76. The van der Waals surface area contributed by atoms with E-state index in [1.807, 2.05) is 29.2 Å². The highest BCUT2D eigenvalue weighted by Crippen LogP contribution is 2.30. The van der Waals surface area contributed by atoms with Gasteiger partial charge in [-0.05, 0) is 44.0 Å². The average Bonchev–Trinajstić information content (AvgIpc) is 3.18. The summed E-state index contributed by atoms with van der Waals surface area (Å²) in [5, 5.41) is 8.89. The molecule has 0 aliphatic carbocycles. The van der Waals surface area contributed by atoms with Gasteiger partial charge >= 0.3 is 0 Å². The van der Waals surface area contributed by atoms with E-state index >= 15 is 0 Å². The van der Waals surface area contributed by atoms with Crippen LogP contribution in [0.4, 0.5) is 0 Å². The van der Waals surface area contributed by atoms with Gasteiger partial charge in [0.25, 0.3) is 0 Å². The monoisotopic (exact) mass is 349 g/mol. The average molecular weight is 349 g/mol. The van der Waals surface area contributed by atoms with Crippen molar-refractivity contribution in [1.29, 1.82) is 0 Å². The molecule has 0 atom stereocenters. The van der Waals surface area contributed by atoms with Crippen molar-refractivity contribution >= 4 is 22.1 Å². The molecule has 4 aromatic heterocycles. The molecular weight excluding hydrogens is 326 g/mol. The van der Waals surface area contributed by atoms with E-state index in [0.717, 1.165) is 39.8 Å². The summed E-state index contributed by atoms with van der Waals surface area (Å²) in [5.41, 5.74) is 4.21. The second-order valence-electron chi connectivity index (χ2n) is 8.44. The molecule has 0 N–H and O–H groups in total. The van der Waals surface area contributed by atoms with Crippen LogP contribution in [0.3, 0.4) is 0 Å². The van der Waals surface area contributed by atoms with Crippen molar-refractivity contribution in [3.63, 3.8) is 0 Å². The van der Waals surface area contributed by atoms with Crippen molar-refractivity contribution in [2.45, 2.75) is 52.0 Å². The number of pyridine rings is 2. The smallest absolute Gasteiger partial charge is 0.168 e. The number of hydrogen-bond acceptors (Lipinski definition) is 5. The lowest BCUT2D eigenvalue weighted by atomic mass is 9.92.